The molecule has 1 fully saturated rings. The Bertz CT molecular complexity index is 696. The Hall–Kier alpha value is -2.44. The summed E-state index contributed by atoms with van der Waals surface area (Å²) in [5.41, 5.74) is 1.07. The SMILES string of the molecule is COc1ccc(COC(COc2ccc(OC)c(OC)c2)[C@H]2CO2)cc1. The fraction of sp³-hybridized carbons (Fsp3) is 0.400. The van der Waals surface area contributed by atoms with Crippen molar-refractivity contribution in [1.82, 2.24) is 0 Å². The van der Waals surface area contributed by atoms with E-state index in [4.69, 9.17) is 28.4 Å². The molecule has 2 aromatic carbocycles. The first-order chi connectivity index (χ1) is 12.7. The molecule has 6 heteroatoms. The van der Waals surface area contributed by atoms with Gasteiger partial charge in [-0.15, -0.1) is 0 Å². The second-order valence-electron chi connectivity index (χ2n) is 5.90. The fourth-order valence-corrected chi connectivity index (χ4v) is 2.54. The molecule has 3 rings (SSSR count). The highest BCUT2D eigenvalue weighted by Crippen LogP contribution is 2.31. The van der Waals surface area contributed by atoms with Crippen LogP contribution in [0, 0.1) is 0 Å². The zero-order valence-corrected chi connectivity index (χ0v) is 15.3. The van der Waals surface area contributed by atoms with Crippen LogP contribution in [0.3, 0.4) is 0 Å². The van der Waals surface area contributed by atoms with Gasteiger partial charge in [0.1, 0.15) is 30.3 Å². The summed E-state index contributed by atoms with van der Waals surface area (Å²) >= 11 is 0. The van der Waals surface area contributed by atoms with Crippen LogP contribution >= 0.6 is 0 Å². The molecule has 0 saturated carbocycles. The molecule has 0 aromatic heterocycles. The summed E-state index contributed by atoms with van der Waals surface area (Å²) < 4.78 is 33.0. The molecule has 26 heavy (non-hydrogen) atoms. The van der Waals surface area contributed by atoms with Gasteiger partial charge in [-0.05, 0) is 29.8 Å². The van der Waals surface area contributed by atoms with Crippen LogP contribution in [-0.4, -0.2) is 46.8 Å². The predicted molar refractivity (Wildman–Crippen MR) is 96.4 cm³/mol. The third-order valence-electron chi connectivity index (χ3n) is 4.17. The minimum absolute atomic E-state index is 0.0772. The van der Waals surface area contributed by atoms with Crippen LogP contribution in [0.25, 0.3) is 0 Å². The van der Waals surface area contributed by atoms with Crippen molar-refractivity contribution in [3.63, 3.8) is 0 Å². The molecule has 2 atom stereocenters. The van der Waals surface area contributed by atoms with Gasteiger partial charge in [-0.3, -0.25) is 0 Å². The minimum Gasteiger partial charge on any atom is -0.497 e. The molecule has 6 nitrogen and oxygen atoms in total. The van der Waals surface area contributed by atoms with Crippen molar-refractivity contribution in [2.45, 2.75) is 18.8 Å². The van der Waals surface area contributed by atoms with E-state index in [9.17, 15) is 0 Å². The summed E-state index contributed by atoms with van der Waals surface area (Å²) in [5, 5.41) is 0. The molecule has 2 aromatic rings. The quantitative estimate of drug-likeness (QED) is 0.607. The Labute approximate surface area is 153 Å². The molecular formula is C20H24O6. The van der Waals surface area contributed by atoms with E-state index >= 15 is 0 Å². The van der Waals surface area contributed by atoms with Crippen molar-refractivity contribution < 1.29 is 28.4 Å². The molecular weight excluding hydrogens is 336 g/mol. The van der Waals surface area contributed by atoms with Gasteiger partial charge in [-0.1, -0.05) is 12.1 Å². The standard InChI is InChI=1S/C20H24O6/c1-21-15-6-4-14(5-7-15)11-25-19(20-13-26-20)12-24-16-8-9-17(22-2)18(10-16)23-3/h4-10,19-20H,11-13H2,1-3H3/t19?,20-/m1/s1. The third kappa shape index (κ3) is 4.80. The van der Waals surface area contributed by atoms with E-state index in [1.807, 2.05) is 36.4 Å². The second-order valence-corrected chi connectivity index (χ2v) is 5.90. The highest BCUT2D eigenvalue weighted by atomic mass is 16.6. The van der Waals surface area contributed by atoms with Gasteiger partial charge in [0, 0.05) is 6.07 Å². The molecule has 1 unspecified atom stereocenters. The van der Waals surface area contributed by atoms with Gasteiger partial charge in [-0.2, -0.15) is 0 Å². The minimum atomic E-state index is -0.134. The number of hydrogen-bond donors (Lipinski definition) is 0. The van der Waals surface area contributed by atoms with E-state index in [0.29, 0.717) is 37.1 Å². The van der Waals surface area contributed by atoms with Crippen LogP contribution in [0.15, 0.2) is 42.5 Å². The lowest BCUT2D eigenvalue weighted by Crippen LogP contribution is -2.27. The Morgan fingerprint density at radius 1 is 0.923 bits per heavy atom. The zero-order valence-electron chi connectivity index (χ0n) is 15.3. The fourth-order valence-electron chi connectivity index (χ4n) is 2.54. The Balaban J connectivity index is 1.55. The number of methoxy groups -OCH3 is 3. The molecule has 0 bridgehead atoms. The van der Waals surface area contributed by atoms with Crippen molar-refractivity contribution in [2.24, 2.45) is 0 Å². The maximum atomic E-state index is 6.00. The first kappa shape index (κ1) is 18.4. The van der Waals surface area contributed by atoms with Gasteiger partial charge >= 0.3 is 0 Å². The smallest absolute Gasteiger partial charge is 0.164 e. The predicted octanol–water partition coefficient (Wildman–Crippen LogP) is 3.08. The van der Waals surface area contributed by atoms with E-state index in [1.54, 1.807) is 27.4 Å². The lowest BCUT2D eigenvalue weighted by Gasteiger charge is -2.17. The summed E-state index contributed by atoms with van der Waals surface area (Å²) in [7, 11) is 4.85. The monoisotopic (exact) mass is 360 g/mol. The lowest BCUT2D eigenvalue weighted by molar-refractivity contribution is -0.00681. The molecule has 140 valence electrons. The number of benzene rings is 2. The molecule has 0 aliphatic carbocycles. The molecule has 1 saturated heterocycles. The van der Waals surface area contributed by atoms with E-state index in [2.05, 4.69) is 0 Å². The molecule has 0 N–H and O–H groups in total. The summed E-state index contributed by atoms with van der Waals surface area (Å²) in [6.45, 7) is 1.59. The number of epoxide rings is 1. The summed E-state index contributed by atoms with van der Waals surface area (Å²) in [5.74, 6) is 2.81. The van der Waals surface area contributed by atoms with Crippen LogP contribution in [-0.2, 0) is 16.1 Å². The van der Waals surface area contributed by atoms with Crippen LogP contribution in [0.2, 0.25) is 0 Å². The van der Waals surface area contributed by atoms with Crippen molar-refractivity contribution >= 4 is 0 Å². The van der Waals surface area contributed by atoms with Gasteiger partial charge in [0.2, 0.25) is 0 Å². The largest absolute Gasteiger partial charge is 0.497 e. The van der Waals surface area contributed by atoms with Crippen LogP contribution in [0.4, 0.5) is 0 Å². The van der Waals surface area contributed by atoms with Crippen LogP contribution in [0.5, 0.6) is 23.0 Å². The van der Waals surface area contributed by atoms with Crippen LogP contribution < -0.4 is 18.9 Å². The summed E-state index contributed by atoms with van der Waals surface area (Å²) in [6, 6.07) is 13.3. The highest BCUT2D eigenvalue weighted by molar-refractivity contribution is 5.45. The van der Waals surface area contributed by atoms with Crippen molar-refractivity contribution in [2.75, 3.05) is 34.5 Å². The second kappa shape index (κ2) is 8.78. The summed E-state index contributed by atoms with van der Waals surface area (Å²) in [6.07, 6.45) is -0.0569. The molecule has 0 amide bonds. The average Bonchev–Trinajstić information content (AvgIpc) is 3.53. The maximum Gasteiger partial charge on any atom is 0.164 e. The number of hydrogen-bond acceptors (Lipinski definition) is 6. The third-order valence-corrected chi connectivity index (χ3v) is 4.17. The number of rotatable bonds is 10. The van der Waals surface area contributed by atoms with Gasteiger partial charge in [-0.25, -0.2) is 0 Å². The molecule has 0 spiro atoms. The zero-order chi connectivity index (χ0) is 18.4. The van der Waals surface area contributed by atoms with Crippen molar-refractivity contribution in [3.8, 4) is 23.0 Å². The van der Waals surface area contributed by atoms with E-state index in [-0.39, 0.29) is 12.2 Å². The van der Waals surface area contributed by atoms with Crippen molar-refractivity contribution in [1.29, 1.82) is 0 Å². The van der Waals surface area contributed by atoms with Gasteiger partial charge in [0.15, 0.2) is 11.5 Å². The lowest BCUT2D eigenvalue weighted by atomic mass is 10.2. The van der Waals surface area contributed by atoms with Gasteiger partial charge in [0.05, 0.1) is 34.5 Å². The Morgan fingerprint density at radius 3 is 2.23 bits per heavy atom. The molecule has 1 aliphatic rings. The Kier molecular flexibility index (Phi) is 6.20. The van der Waals surface area contributed by atoms with E-state index < -0.39 is 0 Å². The normalized spacial score (nSPS) is 16.7. The van der Waals surface area contributed by atoms with E-state index in [1.165, 1.54) is 0 Å². The highest BCUT2D eigenvalue weighted by Gasteiger charge is 2.34. The topological polar surface area (TPSA) is 58.7 Å². The molecule has 1 aliphatic heterocycles. The summed E-state index contributed by atoms with van der Waals surface area (Å²) in [4.78, 5) is 0. The van der Waals surface area contributed by atoms with Crippen LogP contribution in [0.1, 0.15) is 5.56 Å². The van der Waals surface area contributed by atoms with E-state index in [0.717, 1.165) is 11.3 Å². The first-order valence-corrected chi connectivity index (χ1v) is 8.44. The molecule has 0 radical (unpaired) electrons. The van der Waals surface area contributed by atoms with Gasteiger partial charge in [0.25, 0.3) is 0 Å². The molecule has 1 heterocycles. The average molecular weight is 360 g/mol. The first-order valence-electron chi connectivity index (χ1n) is 8.44. The Morgan fingerprint density at radius 2 is 1.62 bits per heavy atom. The van der Waals surface area contributed by atoms with Crippen molar-refractivity contribution in [3.05, 3.63) is 48.0 Å². The number of ether oxygens (including phenoxy) is 6. The van der Waals surface area contributed by atoms with Gasteiger partial charge < -0.3 is 28.4 Å². The maximum absolute atomic E-state index is 6.00.